The average Bonchev–Trinajstić information content (AvgIpc) is 2.89. The number of aryl methyl sites for hydroxylation is 2. The topological polar surface area (TPSA) is 40.6 Å². The Morgan fingerprint density at radius 2 is 1.36 bits per heavy atom. The zero-order chi connectivity index (χ0) is 25.2. The van der Waals surface area contributed by atoms with Crippen LogP contribution in [0.15, 0.2) is 103 Å². The summed E-state index contributed by atoms with van der Waals surface area (Å²) in [5, 5.41) is 0. The molecule has 0 bridgehead atoms. The molecule has 0 unspecified atom stereocenters. The summed E-state index contributed by atoms with van der Waals surface area (Å²) < 4.78 is 0. The maximum Gasteiger partial charge on any atom is 0.258 e. The highest BCUT2D eigenvalue weighted by atomic mass is 16.2. The van der Waals surface area contributed by atoms with Gasteiger partial charge in [-0.2, -0.15) is 0 Å². The van der Waals surface area contributed by atoms with Gasteiger partial charge in [-0.05, 0) is 75.2 Å². The number of hydrogen-bond donors (Lipinski definition) is 0. The van der Waals surface area contributed by atoms with Crippen LogP contribution in [-0.2, 0) is 0 Å². The van der Waals surface area contributed by atoms with E-state index in [9.17, 15) is 9.59 Å². The smallest absolute Gasteiger partial charge is 0.258 e. The van der Waals surface area contributed by atoms with Gasteiger partial charge >= 0.3 is 0 Å². The van der Waals surface area contributed by atoms with Gasteiger partial charge in [-0.3, -0.25) is 9.59 Å². The fraction of sp³-hybridized carbons (Fsp3) is 0.188. The van der Waals surface area contributed by atoms with E-state index >= 15 is 0 Å². The van der Waals surface area contributed by atoms with Crippen molar-refractivity contribution < 1.29 is 9.59 Å². The number of fused-ring (bicyclic) bond motifs is 1. The fourth-order valence-electron chi connectivity index (χ4n) is 5.20. The molecule has 0 saturated heterocycles. The number of hydrogen-bond acceptors (Lipinski definition) is 2. The van der Waals surface area contributed by atoms with Gasteiger partial charge < -0.3 is 9.80 Å². The molecular formula is C32H30N2O2. The van der Waals surface area contributed by atoms with Crippen molar-refractivity contribution in [2.24, 2.45) is 0 Å². The van der Waals surface area contributed by atoms with E-state index in [1.807, 2.05) is 127 Å². The van der Waals surface area contributed by atoms with Gasteiger partial charge in [0.25, 0.3) is 11.8 Å². The first-order chi connectivity index (χ1) is 17.4. The van der Waals surface area contributed by atoms with E-state index in [0.29, 0.717) is 17.5 Å². The Labute approximate surface area is 212 Å². The molecule has 4 aromatic carbocycles. The molecule has 5 rings (SSSR count). The summed E-state index contributed by atoms with van der Waals surface area (Å²) in [4.78, 5) is 31.5. The summed E-state index contributed by atoms with van der Waals surface area (Å²) in [7, 11) is 0. The number of rotatable bonds is 4. The van der Waals surface area contributed by atoms with E-state index in [-0.39, 0.29) is 23.9 Å². The van der Waals surface area contributed by atoms with Crippen LogP contribution >= 0.6 is 0 Å². The second-order valence-electron chi connectivity index (χ2n) is 9.58. The predicted octanol–water partition coefficient (Wildman–Crippen LogP) is 7.13. The molecule has 0 aliphatic carbocycles. The molecule has 0 saturated carbocycles. The summed E-state index contributed by atoms with van der Waals surface area (Å²) in [6, 6.07) is 32.9. The minimum Gasteiger partial charge on any atom is -0.305 e. The SMILES string of the molecule is Cc1cccc(C(=O)N2c3ccccc3[C@@H](N(C(=O)c3cccc(C)c3)c3ccccc3)C[C@H]2C)c1. The van der Waals surface area contributed by atoms with Gasteiger partial charge in [-0.1, -0.05) is 71.8 Å². The predicted molar refractivity (Wildman–Crippen MR) is 146 cm³/mol. The van der Waals surface area contributed by atoms with Gasteiger partial charge in [-0.25, -0.2) is 0 Å². The maximum absolute atomic E-state index is 14.0. The van der Waals surface area contributed by atoms with Crippen molar-refractivity contribution in [1.29, 1.82) is 0 Å². The van der Waals surface area contributed by atoms with E-state index in [1.165, 1.54) is 0 Å². The maximum atomic E-state index is 14.0. The molecule has 4 aromatic rings. The number of carbonyl (C=O) groups is 2. The molecular weight excluding hydrogens is 444 g/mol. The van der Waals surface area contributed by atoms with Crippen LogP contribution in [0.5, 0.6) is 0 Å². The molecule has 1 aliphatic heterocycles. The Morgan fingerprint density at radius 3 is 2.06 bits per heavy atom. The Kier molecular flexibility index (Phi) is 6.43. The van der Waals surface area contributed by atoms with E-state index < -0.39 is 0 Å². The third-order valence-corrected chi connectivity index (χ3v) is 6.87. The lowest BCUT2D eigenvalue weighted by Crippen LogP contribution is -2.47. The molecule has 180 valence electrons. The minimum atomic E-state index is -0.215. The quantitative estimate of drug-likeness (QED) is 0.316. The molecule has 0 spiro atoms. The highest BCUT2D eigenvalue weighted by Gasteiger charge is 2.39. The number of nitrogens with zero attached hydrogens (tertiary/aromatic N) is 2. The van der Waals surface area contributed by atoms with Crippen molar-refractivity contribution >= 4 is 23.2 Å². The highest BCUT2D eigenvalue weighted by Crippen LogP contribution is 2.43. The van der Waals surface area contributed by atoms with Crippen LogP contribution in [0.1, 0.15) is 56.8 Å². The van der Waals surface area contributed by atoms with Crippen molar-refractivity contribution in [1.82, 2.24) is 0 Å². The summed E-state index contributed by atoms with van der Waals surface area (Å²) in [6.07, 6.45) is 0.626. The molecule has 4 nitrogen and oxygen atoms in total. The number of benzene rings is 4. The lowest BCUT2D eigenvalue weighted by atomic mass is 9.89. The molecule has 1 heterocycles. The molecule has 2 atom stereocenters. The van der Waals surface area contributed by atoms with Gasteiger partial charge in [0.2, 0.25) is 0 Å². The summed E-state index contributed by atoms with van der Waals surface area (Å²) >= 11 is 0. The Bertz CT molecular complexity index is 1410. The fourth-order valence-corrected chi connectivity index (χ4v) is 5.20. The van der Waals surface area contributed by atoms with Crippen molar-refractivity contribution in [3.63, 3.8) is 0 Å². The van der Waals surface area contributed by atoms with E-state index in [2.05, 4.69) is 6.92 Å². The van der Waals surface area contributed by atoms with Crippen LogP contribution in [0, 0.1) is 13.8 Å². The largest absolute Gasteiger partial charge is 0.305 e. The van der Waals surface area contributed by atoms with Crippen LogP contribution in [0.2, 0.25) is 0 Å². The molecule has 4 heteroatoms. The summed E-state index contributed by atoms with van der Waals surface area (Å²) in [5.41, 5.74) is 6.09. The molecule has 0 aromatic heterocycles. The lowest BCUT2D eigenvalue weighted by molar-refractivity contribution is 0.0965. The second-order valence-corrected chi connectivity index (χ2v) is 9.58. The molecule has 0 fully saturated rings. The first-order valence-electron chi connectivity index (χ1n) is 12.4. The van der Waals surface area contributed by atoms with E-state index in [0.717, 1.165) is 28.1 Å². The van der Waals surface area contributed by atoms with E-state index in [4.69, 9.17) is 0 Å². The summed E-state index contributed by atoms with van der Waals surface area (Å²) in [6.45, 7) is 6.06. The molecule has 1 aliphatic rings. The molecule has 0 N–H and O–H groups in total. The molecule has 36 heavy (non-hydrogen) atoms. The molecule has 0 radical (unpaired) electrons. The number of carbonyl (C=O) groups excluding carboxylic acids is 2. The van der Waals surface area contributed by atoms with E-state index in [1.54, 1.807) is 0 Å². The Morgan fingerprint density at radius 1 is 0.750 bits per heavy atom. The highest BCUT2D eigenvalue weighted by molar-refractivity contribution is 6.09. The number of anilines is 2. The van der Waals surface area contributed by atoms with Crippen molar-refractivity contribution in [2.45, 2.75) is 39.3 Å². The van der Waals surface area contributed by atoms with Crippen molar-refractivity contribution in [3.05, 3.63) is 131 Å². The second kappa shape index (κ2) is 9.82. The van der Waals surface area contributed by atoms with Gasteiger partial charge in [0.1, 0.15) is 0 Å². The van der Waals surface area contributed by atoms with Crippen LogP contribution in [0.25, 0.3) is 0 Å². The zero-order valence-corrected chi connectivity index (χ0v) is 20.9. The average molecular weight is 475 g/mol. The number of para-hydroxylation sites is 2. The van der Waals surface area contributed by atoms with Crippen molar-refractivity contribution in [3.8, 4) is 0 Å². The van der Waals surface area contributed by atoms with Gasteiger partial charge in [0.15, 0.2) is 0 Å². The van der Waals surface area contributed by atoms with Crippen LogP contribution in [-0.4, -0.2) is 17.9 Å². The number of amides is 2. The van der Waals surface area contributed by atoms with Gasteiger partial charge in [-0.15, -0.1) is 0 Å². The Balaban J connectivity index is 1.61. The Hall–Kier alpha value is -4.18. The van der Waals surface area contributed by atoms with Crippen LogP contribution in [0.3, 0.4) is 0 Å². The summed E-state index contributed by atoms with van der Waals surface area (Å²) in [5.74, 6) is -0.0660. The molecule has 2 amide bonds. The van der Waals surface area contributed by atoms with Gasteiger partial charge in [0.05, 0.1) is 6.04 Å². The lowest BCUT2D eigenvalue weighted by Gasteiger charge is -2.43. The van der Waals surface area contributed by atoms with Crippen LogP contribution in [0.4, 0.5) is 11.4 Å². The van der Waals surface area contributed by atoms with Crippen LogP contribution < -0.4 is 9.80 Å². The first-order valence-corrected chi connectivity index (χ1v) is 12.4. The van der Waals surface area contributed by atoms with Crippen molar-refractivity contribution in [2.75, 3.05) is 9.80 Å². The monoisotopic (exact) mass is 474 g/mol. The zero-order valence-electron chi connectivity index (χ0n) is 20.9. The van der Waals surface area contributed by atoms with Gasteiger partial charge in [0, 0.05) is 28.5 Å². The standard InChI is InChI=1S/C32H30N2O2/c1-22-11-9-13-25(19-22)31(35)33-24(3)21-30(28-17-7-8-18-29(28)33)34(27-15-5-4-6-16-27)32(36)26-14-10-12-23(2)20-26/h4-20,24,30H,21H2,1-3H3/t24-,30+/m1/s1. The third-order valence-electron chi connectivity index (χ3n) is 6.87. The third kappa shape index (κ3) is 4.42. The normalized spacial score (nSPS) is 16.8. The minimum absolute atomic E-state index is 0.0200. The first kappa shape index (κ1) is 23.6.